The number of rotatable bonds is 3. The molecule has 0 spiro atoms. The Morgan fingerprint density at radius 2 is 2.21 bits per heavy atom. The second-order valence-electron chi connectivity index (χ2n) is 4.52. The van der Waals surface area contributed by atoms with E-state index in [0.29, 0.717) is 13.1 Å². The molecule has 19 heavy (non-hydrogen) atoms. The molecule has 0 aliphatic carbocycles. The summed E-state index contributed by atoms with van der Waals surface area (Å²) in [7, 11) is 1.60. The Morgan fingerprint density at radius 1 is 1.47 bits per heavy atom. The summed E-state index contributed by atoms with van der Waals surface area (Å²) in [6.07, 6.45) is 0.682. The number of nitrogens with zero attached hydrogens (tertiary/aromatic N) is 1. The second-order valence-corrected chi connectivity index (χ2v) is 5.37. The van der Waals surface area contributed by atoms with Crippen molar-refractivity contribution in [1.29, 1.82) is 0 Å². The molecule has 1 heterocycles. The predicted molar refractivity (Wildman–Crippen MR) is 69.8 cm³/mol. The SMILES string of the molecule is COC1CCN(C(=O)Cc2cc(F)c(Br)cc2F)C1. The molecule has 1 aliphatic rings. The minimum atomic E-state index is -0.580. The van der Waals surface area contributed by atoms with Gasteiger partial charge < -0.3 is 9.64 Å². The molecule has 0 radical (unpaired) electrons. The molecule has 1 fully saturated rings. The van der Waals surface area contributed by atoms with Gasteiger partial charge in [-0.05, 0) is 34.5 Å². The van der Waals surface area contributed by atoms with Gasteiger partial charge in [-0.1, -0.05) is 0 Å². The average Bonchev–Trinajstić information content (AvgIpc) is 2.84. The Kier molecular flexibility index (Phi) is 4.52. The molecule has 1 aromatic rings. The van der Waals surface area contributed by atoms with Crippen LogP contribution in [0.2, 0.25) is 0 Å². The van der Waals surface area contributed by atoms with Gasteiger partial charge in [0.1, 0.15) is 11.6 Å². The summed E-state index contributed by atoms with van der Waals surface area (Å²) in [4.78, 5) is 13.6. The molecule has 2 rings (SSSR count). The molecule has 0 aromatic heterocycles. The number of hydrogen-bond donors (Lipinski definition) is 0. The highest BCUT2D eigenvalue weighted by Gasteiger charge is 2.26. The Bertz CT molecular complexity index is 496. The molecule has 0 bridgehead atoms. The van der Waals surface area contributed by atoms with Crippen LogP contribution in [0, 0.1) is 11.6 Å². The van der Waals surface area contributed by atoms with Gasteiger partial charge in [0.05, 0.1) is 17.0 Å². The Balaban J connectivity index is 2.05. The van der Waals surface area contributed by atoms with Gasteiger partial charge in [-0.2, -0.15) is 0 Å². The van der Waals surface area contributed by atoms with Crippen LogP contribution >= 0.6 is 15.9 Å². The minimum Gasteiger partial charge on any atom is -0.380 e. The van der Waals surface area contributed by atoms with Crippen molar-refractivity contribution in [2.75, 3.05) is 20.2 Å². The highest BCUT2D eigenvalue weighted by atomic mass is 79.9. The summed E-state index contributed by atoms with van der Waals surface area (Å²) in [6, 6.07) is 2.10. The summed E-state index contributed by atoms with van der Waals surface area (Å²) in [5.41, 5.74) is 0.0755. The van der Waals surface area contributed by atoms with Gasteiger partial charge in [-0.25, -0.2) is 8.78 Å². The number of carbonyl (C=O) groups excluding carboxylic acids is 1. The fraction of sp³-hybridized carbons (Fsp3) is 0.462. The van der Waals surface area contributed by atoms with Crippen LogP contribution in [0.4, 0.5) is 8.78 Å². The van der Waals surface area contributed by atoms with Gasteiger partial charge in [0.2, 0.25) is 5.91 Å². The maximum absolute atomic E-state index is 13.6. The quantitative estimate of drug-likeness (QED) is 0.795. The van der Waals surface area contributed by atoms with Gasteiger partial charge in [-0.3, -0.25) is 4.79 Å². The van der Waals surface area contributed by atoms with Crippen molar-refractivity contribution in [1.82, 2.24) is 4.90 Å². The van der Waals surface area contributed by atoms with E-state index in [2.05, 4.69) is 15.9 Å². The molecular formula is C13H14BrF2NO2. The molecule has 1 amide bonds. The first kappa shape index (κ1) is 14.4. The summed E-state index contributed by atoms with van der Waals surface area (Å²) in [5.74, 6) is -1.36. The number of benzene rings is 1. The smallest absolute Gasteiger partial charge is 0.227 e. The number of ether oxygens (including phenoxy) is 1. The molecule has 1 unspecified atom stereocenters. The number of hydrogen-bond acceptors (Lipinski definition) is 2. The van der Waals surface area contributed by atoms with E-state index >= 15 is 0 Å². The van der Waals surface area contributed by atoms with Gasteiger partial charge in [-0.15, -0.1) is 0 Å². The van der Waals surface area contributed by atoms with E-state index in [0.717, 1.165) is 18.6 Å². The minimum absolute atomic E-state index is 0.0375. The fourth-order valence-electron chi connectivity index (χ4n) is 2.12. The summed E-state index contributed by atoms with van der Waals surface area (Å²) >= 11 is 2.90. The molecular weight excluding hydrogens is 320 g/mol. The molecule has 1 aromatic carbocycles. The van der Waals surface area contributed by atoms with E-state index in [-0.39, 0.29) is 28.5 Å². The monoisotopic (exact) mass is 333 g/mol. The number of amides is 1. The van der Waals surface area contributed by atoms with Gasteiger partial charge >= 0.3 is 0 Å². The first-order valence-electron chi connectivity index (χ1n) is 5.95. The number of likely N-dealkylation sites (tertiary alicyclic amines) is 1. The molecule has 6 heteroatoms. The first-order valence-corrected chi connectivity index (χ1v) is 6.74. The van der Waals surface area contributed by atoms with Crippen LogP contribution in [0.1, 0.15) is 12.0 Å². The second kappa shape index (κ2) is 5.96. The van der Waals surface area contributed by atoms with Crippen LogP contribution in [0.15, 0.2) is 16.6 Å². The zero-order valence-corrected chi connectivity index (χ0v) is 12.0. The third-order valence-electron chi connectivity index (χ3n) is 3.26. The van der Waals surface area contributed by atoms with E-state index in [1.165, 1.54) is 0 Å². The number of methoxy groups -OCH3 is 1. The van der Waals surface area contributed by atoms with E-state index in [1.807, 2.05) is 0 Å². The van der Waals surface area contributed by atoms with Crippen molar-refractivity contribution >= 4 is 21.8 Å². The van der Waals surface area contributed by atoms with E-state index < -0.39 is 11.6 Å². The highest BCUT2D eigenvalue weighted by molar-refractivity contribution is 9.10. The maximum Gasteiger partial charge on any atom is 0.227 e. The molecule has 3 nitrogen and oxygen atoms in total. The van der Waals surface area contributed by atoms with E-state index in [9.17, 15) is 13.6 Å². The summed E-state index contributed by atoms with van der Waals surface area (Å²) < 4.78 is 32.2. The largest absolute Gasteiger partial charge is 0.380 e. The molecule has 0 saturated carbocycles. The van der Waals surface area contributed by atoms with Crippen molar-refractivity contribution in [2.24, 2.45) is 0 Å². The number of carbonyl (C=O) groups is 1. The normalized spacial score (nSPS) is 18.9. The van der Waals surface area contributed by atoms with Gasteiger partial charge in [0, 0.05) is 25.8 Å². The lowest BCUT2D eigenvalue weighted by molar-refractivity contribution is -0.129. The van der Waals surface area contributed by atoms with Crippen molar-refractivity contribution in [2.45, 2.75) is 18.9 Å². The lowest BCUT2D eigenvalue weighted by Crippen LogP contribution is -2.31. The van der Waals surface area contributed by atoms with Crippen LogP contribution < -0.4 is 0 Å². The molecule has 0 N–H and O–H groups in total. The van der Waals surface area contributed by atoms with Crippen molar-refractivity contribution in [3.8, 4) is 0 Å². The third kappa shape index (κ3) is 3.30. The van der Waals surface area contributed by atoms with Gasteiger partial charge in [0.25, 0.3) is 0 Å². The molecule has 1 saturated heterocycles. The molecule has 104 valence electrons. The molecule has 1 aliphatic heterocycles. The van der Waals surface area contributed by atoms with E-state index in [4.69, 9.17) is 4.74 Å². The highest BCUT2D eigenvalue weighted by Crippen LogP contribution is 2.21. The standard InChI is InChI=1S/C13H14BrF2NO2/c1-19-9-2-3-17(7-9)13(18)5-8-4-12(16)10(14)6-11(8)15/h4,6,9H,2-3,5,7H2,1H3. The topological polar surface area (TPSA) is 29.5 Å². The Hall–Kier alpha value is -1.01. The zero-order valence-electron chi connectivity index (χ0n) is 10.5. The van der Waals surface area contributed by atoms with Crippen LogP contribution in [0.5, 0.6) is 0 Å². The predicted octanol–water partition coefficient (Wildman–Crippen LogP) is 2.52. The number of halogens is 3. The van der Waals surface area contributed by atoms with Crippen LogP contribution in [0.3, 0.4) is 0 Å². The van der Waals surface area contributed by atoms with E-state index in [1.54, 1.807) is 12.0 Å². The first-order chi connectivity index (χ1) is 9.01. The summed E-state index contributed by atoms with van der Waals surface area (Å²) in [5, 5.41) is 0. The Morgan fingerprint density at radius 3 is 2.84 bits per heavy atom. The van der Waals surface area contributed by atoms with Crippen molar-refractivity contribution in [3.05, 3.63) is 33.8 Å². The fourth-order valence-corrected chi connectivity index (χ4v) is 2.44. The van der Waals surface area contributed by atoms with Crippen LogP contribution in [-0.4, -0.2) is 37.1 Å². The maximum atomic E-state index is 13.6. The van der Waals surface area contributed by atoms with Gasteiger partial charge in [0.15, 0.2) is 0 Å². The third-order valence-corrected chi connectivity index (χ3v) is 3.87. The van der Waals surface area contributed by atoms with Crippen LogP contribution in [0.25, 0.3) is 0 Å². The average molecular weight is 334 g/mol. The molecule has 1 atom stereocenters. The Labute approximate surface area is 118 Å². The lowest BCUT2D eigenvalue weighted by atomic mass is 10.1. The summed E-state index contributed by atoms with van der Waals surface area (Å²) in [6.45, 7) is 1.11. The van der Waals surface area contributed by atoms with Crippen molar-refractivity contribution in [3.63, 3.8) is 0 Å². The van der Waals surface area contributed by atoms with Crippen molar-refractivity contribution < 1.29 is 18.3 Å². The zero-order chi connectivity index (χ0) is 14.0. The lowest BCUT2D eigenvalue weighted by Gasteiger charge is -2.16. The van der Waals surface area contributed by atoms with Crippen LogP contribution in [-0.2, 0) is 16.0 Å².